The lowest BCUT2D eigenvalue weighted by Crippen LogP contribution is -2.48. The Labute approximate surface area is 234 Å². The lowest BCUT2D eigenvalue weighted by Gasteiger charge is -2.36. The summed E-state index contributed by atoms with van der Waals surface area (Å²) >= 11 is 0. The summed E-state index contributed by atoms with van der Waals surface area (Å²) in [6, 6.07) is 6.18. The first-order valence-corrected chi connectivity index (χ1v) is 13.7. The van der Waals surface area contributed by atoms with Crippen LogP contribution in [0.1, 0.15) is 62.0 Å². The SMILES string of the molecule is Cc1ncc(C(=O)Nc2cc(C(C)(C)C)on2)cc1-n1cc(-c2cncc(CN3CCN(C(C)C)CC3)c2)nn1. The molecule has 1 aliphatic heterocycles. The first-order chi connectivity index (χ1) is 19.1. The van der Waals surface area contributed by atoms with Crippen molar-refractivity contribution in [2.75, 3.05) is 31.5 Å². The van der Waals surface area contributed by atoms with Crippen molar-refractivity contribution in [3.8, 4) is 16.9 Å². The Balaban J connectivity index is 1.29. The molecule has 0 bridgehead atoms. The number of hydrogen-bond acceptors (Lipinski definition) is 9. The number of nitrogens with one attached hydrogen (secondary N) is 1. The third kappa shape index (κ3) is 6.26. The van der Waals surface area contributed by atoms with Gasteiger partial charge in [-0.1, -0.05) is 31.1 Å². The molecular formula is C29H37N9O2. The van der Waals surface area contributed by atoms with Crippen molar-refractivity contribution in [2.45, 2.75) is 59.5 Å². The van der Waals surface area contributed by atoms with Gasteiger partial charge in [0.2, 0.25) is 0 Å². The fourth-order valence-corrected chi connectivity index (χ4v) is 4.68. The van der Waals surface area contributed by atoms with Crippen molar-refractivity contribution in [3.63, 3.8) is 0 Å². The summed E-state index contributed by atoms with van der Waals surface area (Å²) in [4.78, 5) is 26.8. The second kappa shape index (κ2) is 11.3. The van der Waals surface area contributed by atoms with Crippen LogP contribution < -0.4 is 5.32 Å². The highest BCUT2D eigenvalue weighted by Gasteiger charge is 2.22. The summed E-state index contributed by atoms with van der Waals surface area (Å²) in [6.07, 6.45) is 7.08. The number of nitrogens with zero attached hydrogens (tertiary/aromatic N) is 8. The normalized spacial score (nSPS) is 15.1. The van der Waals surface area contributed by atoms with Crippen LogP contribution in [0.15, 0.2) is 47.5 Å². The minimum absolute atomic E-state index is 0.211. The Kier molecular flexibility index (Phi) is 7.77. The van der Waals surface area contributed by atoms with Crippen LogP contribution in [0.3, 0.4) is 0 Å². The lowest BCUT2D eigenvalue weighted by molar-refractivity contribution is 0.102. The van der Waals surface area contributed by atoms with Gasteiger partial charge in [-0.15, -0.1) is 5.10 Å². The van der Waals surface area contributed by atoms with Gasteiger partial charge in [0.05, 0.1) is 23.1 Å². The number of aromatic nitrogens is 6. The van der Waals surface area contributed by atoms with Gasteiger partial charge in [-0.3, -0.25) is 24.6 Å². The number of carbonyl (C=O) groups excluding carboxylic acids is 1. The standard InChI is InChI=1S/C29H37N9O2/c1-19(2)37-9-7-36(8-10-37)17-21-11-22(15-30-14-21)24-18-38(35-33-24)25-12-23(16-31-20(25)3)28(39)32-27-13-26(40-34-27)29(4,5)6/h11-16,18-19H,7-10,17H2,1-6H3,(H,32,34,39). The molecule has 0 spiro atoms. The van der Waals surface area contributed by atoms with E-state index in [1.807, 2.05) is 40.1 Å². The van der Waals surface area contributed by atoms with Crippen molar-refractivity contribution in [1.29, 1.82) is 0 Å². The second-order valence-corrected chi connectivity index (χ2v) is 11.6. The van der Waals surface area contributed by atoms with Crippen LogP contribution in [0.4, 0.5) is 5.82 Å². The van der Waals surface area contributed by atoms with E-state index in [0.29, 0.717) is 34.6 Å². The molecule has 11 nitrogen and oxygen atoms in total. The zero-order valence-corrected chi connectivity index (χ0v) is 24.0. The topological polar surface area (TPSA) is 118 Å². The fourth-order valence-electron chi connectivity index (χ4n) is 4.68. The number of hydrogen-bond donors (Lipinski definition) is 1. The zero-order chi connectivity index (χ0) is 28.4. The first kappa shape index (κ1) is 27.6. The molecule has 0 radical (unpaired) electrons. The van der Waals surface area contributed by atoms with E-state index in [1.54, 1.807) is 23.0 Å². The average Bonchev–Trinajstić information content (AvgIpc) is 3.60. The smallest absolute Gasteiger partial charge is 0.258 e. The molecule has 11 heteroatoms. The first-order valence-electron chi connectivity index (χ1n) is 13.7. The van der Waals surface area contributed by atoms with Gasteiger partial charge in [-0.25, -0.2) is 4.68 Å². The number of anilines is 1. The molecule has 5 heterocycles. The number of aryl methyl sites for hydroxylation is 1. The van der Waals surface area contributed by atoms with Gasteiger partial charge >= 0.3 is 0 Å². The van der Waals surface area contributed by atoms with Crippen LogP contribution >= 0.6 is 0 Å². The summed E-state index contributed by atoms with van der Waals surface area (Å²) in [5.41, 5.74) is 4.28. The number of amides is 1. The Morgan fingerprint density at radius 2 is 1.85 bits per heavy atom. The van der Waals surface area contributed by atoms with E-state index in [1.165, 1.54) is 6.20 Å². The maximum Gasteiger partial charge on any atom is 0.258 e. The summed E-state index contributed by atoms with van der Waals surface area (Å²) < 4.78 is 7.01. The van der Waals surface area contributed by atoms with Crippen molar-refractivity contribution in [2.24, 2.45) is 0 Å². The van der Waals surface area contributed by atoms with Crippen LogP contribution in [0.25, 0.3) is 16.9 Å². The van der Waals surface area contributed by atoms with Gasteiger partial charge in [0.25, 0.3) is 5.91 Å². The minimum atomic E-state index is -0.339. The van der Waals surface area contributed by atoms with E-state index in [9.17, 15) is 4.79 Å². The van der Waals surface area contributed by atoms with E-state index in [4.69, 9.17) is 4.52 Å². The molecule has 210 valence electrons. The Hall–Kier alpha value is -3.96. The molecule has 40 heavy (non-hydrogen) atoms. The molecule has 1 fully saturated rings. The van der Waals surface area contributed by atoms with Crippen molar-refractivity contribution >= 4 is 11.7 Å². The Morgan fingerprint density at radius 1 is 1.07 bits per heavy atom. The van der Waals surface area contributed by atoms with E-state index in [2.05, 4.69) is 60.5 Å². The van der Waals surface area contributed by atoms with Crippen LogP contribution in [0.5, 0.6) is 0 Å². The predicted octanol–water partition coefficient (Wildman–Crippen LogP) is 4.10. The lowest BCUT2D eigenvalue weighted by atomic mass is 9.93. The van der Waals surface area contributed by atoms with E-state index in [0.717, 1.165) is 49.5 Å². The second-order valence-electron chi connectivity index (χ2n) is 11.6. The molecule has 4 aromatic rings. The largest absolute Gasteiger partial charge is 0.359 e. The molecule has 5 rings (SSSR count). The zero-order valence-electron chi connectivity index (χ0n) is 24.0. The molecule has 1 amide bonds. The number of carbonyl (C=O) groups is 1. The summed E-state index contributed by atoms with van der Waals surface area (Å²) in [5.74, 6) is 0.705. The maximum absolute atomic E-state index is 13.0. The summed E-state index contributed by atoms with van der Waals surface area (Å²) in [6.45, 7) is 17.5. The molecule has 4 aromatic heterocycles. The highest BCUT2D eigenvalue weighted by Crippen LogP contribution is 2.25. The quantitative estimate of drug-likeness (QED) is 0.368. The molecule has 0 saturated carbocycles. The van der Waals surface area contributed by atoms with E-state index >= 15 is 0 Å². The van der Waals surface area contributed by atoms with Gasteiger partial charge < -0.3 is 9.84 Å². The van der Waals surface area contributed by atoms with Crippen LogP contribution in [0, 0.1) is 6.92 Å². The van der Waals surface area contributed by atoms with Crippen LogP contribution in [-0.4, -0.2) is 78.0 Å². The molecular weight excluding hydrogens is 506 g/mol. The molecule has 1 aliphatic rings. The van der Waals surface area contributed by atoms with E-state index in [-0.39, 0.29) is 11.3 Å². The molecule has 0 unspecified atom stereocenters. The van der Waals surface area contributed by atoms with Crippen molar-refractivity contribution < 1.29 is 9.32 Å². The predicted molar refractivity (Wildman–Crippen MR) is 152 cm³/mol. The van der Waals surface area contributed by atoms with Crippen LogP contribution in [0.2, 0.25) is 0 Å². The van der Waals surface area contributed by atoms with Gasteiger partial charge in [0.1, 0.15) is 11.5 Å². The molecule has 0 aromatic carbocycles. The third-order valence-electron chi connectivity index (χ3n) is 7.19. The van der Waals surface area contributed by atoms with Crippen LogP contribution in [-0.2, 0) is 12.0 Å². The van der Waals surface area contributed by atoms with Gasteiger partial charge in [0, 0.05) is 74.4 Å². The summed E-state index contributed by atoms with van der Waals surface area (Å²) in [7, 11) is 0. The minimum Gasteiger partial charge on any atom is -0.359 e. The van der Waals surface area contributed by atoms with Crippen molar-refractivity contribution in [3.05, 3.63) is 65.6 Å². The van der Waals surface area contributed by atoms with Gasteiger partial charge in [-0.05, 0) is 38.5 Å². The van der Waals surface area contributed by atoms with Gasteiger partial charge in [-0.2, -0.15) is 0 Å². The van der Waals surface area contributed by atoms with E-state index < -0.39 is 0 Å². The van der Waals surface area contributed by atoms with Crippen molar-refractivity contribution in [1.82, 2.24) is 39.9 Å². The molecule has 0 aliphatic carbocycles. The number of piperazine rings is 1. The molecule has 0 atom stereocenters. The monoisotopic (exact) mass is 543 g/mol. The molecule has 1 N–H and O–H groups in total. The third-order valence-corrected chi connectivity index (χ3v) is 7.19. The van der Waals surface area contributed by atoms with Gasteiger partial charge in [0.15, 0.2) is 5.82 Å². The Morgan fingerprint density at radius 3 is 2.55 bits per heavy atom. The average molecular weight is 544 g/mol. The number of rotatable bonds is 7. The highest BCUT2D eigenvalue weighted by molar-refractivity contribution is 6.03. The summed E-state index contributed by atoms with van der Waals surface area (Å²) in [5, 5.41) is 15.5. The maximum atomic E-state index is 13.0. The highest BCUT2D eigenvalue weighted by atomic mass is 16.5. The fraction of sp³-hybridized carbons (Fsp3) is 0.448. The number of pyridine rings is 2. The molecule has 1 saturated heterocycles. The Bertz CT molecular complexity index is 1480.